The molecule has 3 rings (SSSR count). The molecule has 0 fully saturated rings. The topological polar surface area (TPSA) is 64.9 Å². The van der Waals surface area contributed by atoms with Gasteiger partial charge in [-0.3, -0.25) is 0 Å². The SMILES string of the molecule is Nc1ccccc1SCc1nnc(-c2ccc(F)cc2)o1. The van der Waals surface area contributed by atoms with Crippen LogP contribution in [0, 0.1) is 5.82 Å². The van der Waals surface area contributed by atoms with E-state index in [-0.39, 0.29) is 5.82 Å². The number of anilines is 1. The van der Waals surface area contributed by atoms with Crippen molar-refractivity contribution in [2.24, 2.45) is 0 Å². The highest BCUT2D eigenvalue weighted by molar-refractivity contribution is 7.98. The molecule has 0 amide bonds. The van der Waals surface area contributed by atoms with E-state index in [1.807, 2.05) is 24.3 Å². The average molecular weight is 301 g/mol. The van der Waals surface area contributed by atoms with Crippen LogP contribution in [0.2, 0.25) is 0 Å². The molecule has 1 heterocycles. The Morgan fingerprint density at radius 1 is 1.05 bits per heavy atom. The summed E-state index contributed by atoms with van der Waals surface area (Å²) in [5, 5.41) is 7.95. The van der Waals surface area contributed by atoms with Gasteiger partial charge in [0.05, 0.1) is 5.75 Å². The fourth-order valence-electron chi connectivity index (χ4n) is 1.77. The largest absolute Gasteiger partial charge is 0.420 e. The van der Waals surface area contributed by atoms with E-state index in [2.05, 4.69) is 10.2 Å². The molecule has 0 spiro atoms. The Bertz CT molecular complexity index is 743. The van der Waals surface area contributed by atoms with Crippen molar-refractivity contribution >= 4 is 17.4 Å². The van der Waals surface area contributed by atoms with E-state index >= 15 is 0 Å². The third-order valence-electron chi connectivity index (χ3n) is 2.83. The maximum atomic E-state index is 12.9. The first-order valence-electron chi connectivity index (χ1n) is 6.28. The van der Waals surface area contributed by atoms with Crippen LogP contribution in [0.25, 0.3) is 11.5 Å². The van der Waals surface area contributed by atoms with Gasteiger partial charge in [-0.15, -0.1) is 22.0 Å². The van der Waals surface area contributed by atoms with Gasteiger partial charge in [0.15, 0.2) is 0 Å². The van der Waals surface area contributed by atoms with E-state index in [1.165, 1.54) is 23.9 Å². The monoisotopic (exact) mass is 301 g/mol. The zero-order chi connectivity index (χ0) is 14.7. The Morgan fingerprint density at radius 3 is 2.57 bits per heavy atom. The molecule has 4 nitrogen and oxygen atoms in total. The maximum Gasteiger partial charge on any atom is 0.247 e. The Labute approximate surface area is 125 Å². The molecule has 0 radical (unpaired) electrons. The number of halogens is 1. The van der Waals surface area contributed by atoms with E-state index < -0.39 is 0 Å². The summed E-state index contributed by atoms with van der Waals surface area (Å²) >= 11 is 1.53. The number of hydrogen-bond acceptors (Lipinski definition) is 5. The summed E-state index contributed by atoms with van der Waals surface area (Å²) < 4.78 is 18.4. The van der Waals surface area contributed by atoms with Crippen LogP contribution in [0.5, 0.6) is 0 Å². The summed E-state index contributed by atoms with van der Waals surface area (Å²) in [7, 11) is 0. The molecular weight excluding hydrogens is 289 g/mol. The van der Waals surface area contributed by atoms with Crippen molar-refractivity contribution in [1.29, 1.82) is 0 Å². The van der Waals surface area contributed by atoms with Crippen LogP contribution >= 0.6 is 11.8 Å². The van der Waals surface area contributed by atoms with Crippen LogP contribution in [0.15, 0.2) is 57.8 Å². The summed E-state index contributed by atoms with van der Waals surface area (Å²) in [6, 6.07) is 13.5. The highest BCUT2D eigenvalue weighted by Gasteiger charge is 2.09. The van der Waals surface area contributed by atoms with E-state index in [1.54, 1.807) is 12.1 Å². The summed E-state index contributed by atoms with van der Waals surface area (Å²) in [5.74, 6) is 1.12. The quantitative estimate of drug-likeness (QED) is 0.587. The Morgan fingerprint density at radius 2 is 1.81 bits per heavy atom. The minimum atomic E-state index is -0.298. The molecule has 2 aromatic carbocycles. The summed E-state index contributed by atoms with van der Waals surface area (Å²) in [6.07, 6.45) is 0. The van der Waals surface area contributed by atoms with Crippen molar-refractivity contribution in [2.45, 2.75) is 10.6 Å². The van der Waals surface area contributed by atoms with E-state index in [9.17, 15) is 4.39 Å². The Balaban J connectivity index is 1.71. The fourth-order valence-corrected chi connectivity index (χ4v) is 2.58. The normalized spacial score (nSPS) is 10.7. The predicted molar refractivity (Wildman–Crippen MR) is 80.1 cm³/mol. The molecule has 0 aliphatic carbocycles. The zero-order valence-corrected chi connectivity index (χ0v) is 11.8. The molecule has 106 valence electrons. The lowest BCUT2D eigenvalue weighted by Crippen LogP contribution is -1.88. The van der Waals surface area contributed by atoms with Crippen molar-refractivity contribution in [3.63, 3.8) is 0 Å². The number of nitrogen functional groups attached to an aromatic ring is 1. The van der Waals surface area contributed by atoms with Crippen LogP contribution < -0.4 is 5.73 Å². The molecule has 0 aliphatic heterocycles. The minimum absolute atomic E-state index is 0.298. The number of hydrogen-bond donors (Lipinski definition) is 1. The van der Waals surface area contributed by atoms with Gasteiger partial charge in [0, 0.05) is 16.1 Å². The van der Waals surface area contributed by atoms with Gasteiger partial charge in [0.1, 0.15) is 5.82 Å². The van der Waals surface area contributed by atoms with Gasteiger partial charge in [0.25, 0.3) is 0 Å². The lowest BCUT2D eigenvalue weighted by atomic mass is 10.2. The first-order chi connectivity index (χ1) is 10.2. The summed E-state index contributed by atoms with van der Waals surface area (Å²) in [6.45, 7) is 0. The molecule has 0 saturated carbocycles. The second kappa shape index (κ2) is 5.97. The van der Waals surface area contributed by atoms with Crippen molar-refractivity contribution in [1.82, 2.24) is 10.2 Å². The van der Waals surface area contributed by atoms with Gasteiger partial charge in [-0.1, -0.05) is 12.1 Å². The number of nitrogens with zero attached hydrogens (tertiary/aromatic N) is 2. The average Bonchev–Trinajstić information content (AvgIpc) is 2.96. The molecule has 0 atom stereocenters. The van der Waals surface area contributed by atoms with Crippen molar-refractivity contribution in [3.05, 3.63) is 60.2 Å². The molecular formula is C15H12FN3OS. The van der Waals surface area contributed by atoms with E-state index in [0.717, 1.165) is 10.6 Å². The zero-order valence-electron chi connectivity index (χ0n) is 11.0. The van der Waals surface area contributed by atoms with Crippen LogP contribution in [0.4, 0.5) is 10.1 Å². The molecule has 6 heteroatoms. The van der Waals surface area contributed by atoms with Crippen molar-refractivity contribution in [3.8, 4) is 11.5 Å². The standard InChI is InChI=1S/C15H12FN3OS/c16-11-7-5-10(6-8-11)15-19-18-14(20-15)9-21-13-4-2-1-3-12(13)17/h1-8H,9,17H2. The molecule has 21 heavy (non-hydrogen) atoms. The second-order valence-corrected chi connectivity index (χ2v) is 5.35. The molecule has 0 bridgehead atoms. The van der Waals surface area contributed by atoms with Gasteiger partial charge in [-0.25, -0.2) is 4.39 Å². The predicted octanol–water partition coefficient (Wildman–Crippen LogP) is 3.75. The highest BCUT2D eigenvalue weighted by atomic mass is 32.2. The second-order valence-electron chi connectivity index (χ2n) is 4.33. The number of benzene rings is 2. The minimum Gasteiger partial charge on any atom is -0.420 e. The van der Waals surface area contributed by atoms with E-state index in [4.69, 9.17) is 10.2 Å². The number of aromatic nitrogens is 2. The smallest absolute Gasteiger partial charge is 0.247 e. The molecule has 1 aromatic heterocycles. The van der Waals surface area contributed by atoms with Crippen LogP contribution in [-0.2, 0) is 5.75 Å². The van der Waals surface area contributed by atoms with E-state index in [0.29, 0.717) is 23.1 Å². The van der Waals surface area contributed by atoms with Crippen LogP contribution in [0.3, 0.4) is 0 Å². The summed E-state index contributed by atoms with van der Waals surface area (Å²) in [5.41, 5.74) is 7.29. The molecule has 0 unspecified atom stereocenters. The highest BCUT2D eigenvalue weighted by Crippen LogP contribution is 2.28. The number of thioether (sulfide) groups is 1. The molecule has 2 N–H and O–H groups in total. The van der Waals surface area contributed by atoms with Crippen LogP contribution in [-0.4, -0.2) is 10.2 Å². The van der Waals surface area contributed by atoms with Crippen molar-refractivity contribution < 1.29 is 8.81 Å². The maximum absolute atomic E-state index is 12.9. The third kappa shape index (κ3) is 3.22. The Hall–Kier alpha value is -2.34. The third-order valence-corrected chi connectivity index (χ3v) is 3.90. The summed E-state index contributed by atoms with van der Waals surface area (Å²) in [4.78, 5) is 0.971. The number of nitrogens with two attached hydrogens (primary N) is 1. The number of rotatable bonds is 4. The van der Waals surface area contributed by atoms with Gasteiger partial charge in [-0.2, -0.15) is 0 Å². The number of para-hydroxylation sites is 1. The fraction of sp³-hybridized carbons (Fsp3) is 0.0667. The molecule has 0 aliphatic rings. The van der Waals surface area contributed by atoms with Gasteiger partial charge in [0.2, 0.25) is 11.8 Å². The lowest BCUT2D eigenvalue weighted by Gasteiger charge is -2.01. The van der Waals surface area contributed by atoms with Crippen molar-refractivity contribution in [2.75, 3.05) is 5.73 Å². The first-order valence-corrected chi connectivity index (χ1v) is 7.26. The van der Waals surface area contributed by atoms with Gasteiger partial charge < -0.3 is 10.2 Å². The van der Waals surface area contributed by atoms with Gasteiger partial charge >= 0.3 is 0 Å². The molecule has 0 saturated heterocycles. The Kier molecular flexibility index (Phi) is 3.87. The molecule has 3 aromatic rings. The van der Waals surface area contributed by atoms with Gasteiger partial charge in [-0.05, 0) is 36.4 Å². The lowest BCUT2D eigenvalue weighted by molar-refractivity contribution is 0.528. The van der Waals surface area contributed by atoms with Crippen LogP contribution in [0.1, 0.15) is 5.89 Å². The first kappa shape index (κ1) is 13.6.